The third kappa shape index (κ3) is 3.17. The lowest BCUT2D eigenvalue weighted by Gasteiger charge is -1.99. The summed E-state index contributed by atoms with van der Waals surface area (Å²) >= 11 is 11.9. The molecule has 1 heterocycles. The van der Waals surface area contributed by atoms with Crippen LogP contribution in [0.2, 0.25) is 10.0 Å². The van der Waals surface area contributed by atoms with E-state index in [1.807, 2.05) is 30.3 Å². The molecular formula is C15H12Cl2N4. The fourth-order valence-corrected chi connectivity index (χ4v) is 2.27. The molecule has 106 valence electrons. The first-order valence-electron chi connectivity index (χ1n) is 6.33. The van der Waals surface area contributed by atoms with Crippen LogP contribution in [0.1, 0.15) is 11.4 Å². The third-order valence-corrected chi connectivity index (χ3v) is 3.80. The van der Waals surface area contributed by atoms with Crippen molar-refractivity contribution in [3.8, 4) is 11.4 Å². The van der Waals surface area contributed by atoms with Crippen LogP contribution in [-0.2, 0) is 6.42 Å². The van der Waals surface area contributed by atoms with Crippen LogP contribution < -0.4 is 5.73 Å². The maximum Gasteiger partial charge on any atom is 0.181 e. The minimum atomic E-state index is 0.485. The fraction of sp³-hybridized carbons (Fsp3) is 0.0667. The quantitative estimate of drug-likeness (QED) is 0.718. The second kappa shape index (κ2) is 5.76. The van der Waals surface area contributed by atoms with E-state index in [1.165, 1.54) is 0 Å². The van der Waals surface area contributed by atoms with E-state index < -0.39 is 0 Å². The highest BCUT2D eigenvalue weighted by Gasteiger charge is 2.08. The van der Waals surface area contributed by atoms with Gasteiger partial charge in [-0.25, -0.2) is 4.98 Å². The van der Waals surface area contributed by atoms with Crippen molar-refractivity contribution in [1.82, 2.24) is 15.2 Å². The molecule has 0 fully saturated rings. The molecule has 4 nitrogen and oxygen atoms in total. The molecule has 3 rings (SSSR count). The molecule has 0 unspecified atom stereocenters. The summed E-state index contributed by atoms with van der Waals surface area (Å²) in [5, 5.41) is 8.14. The van der Waals surface area contributed by atoms with Gasteiger partial charge in [-0.05, 0) is 35.9 Å². The lowest BCUT2D eigenvalue weighted by molar-refractivity contribution is 0.973. The summed E-state index contributed by atoms with van der Waals surface area (Å²) in [6.07, 6.45) is 0.661. The van der Waals surface area contributed by atoms with E-state index in [2.05, 4.69) is 15.2 Å². The Kier molecular flexibility index (Phi) is 3.82. The van der Waals surface area contributed by atoms with Gasteiger partial charge in [-0.1, -0.05) is 35.3 Å². The SMILES string of the molecule is Nc1ccc(Cc2nc(-c3ccc(Cl)c(Cl)c3)n[nH]2)cc1. The van der Waals surface area contributed by atoms with E-state index in [1.54, 1.807) is 12.1 Å². The Morgan fingerprint density at radius 3 is 2.48 bits per heavy atom. The average molecular weight is 319 g/mol. The van der Waals surface area contributed by atoms with Crippen molar-refractivity contribution in [2.45, 2.75) is 6.42 Å². The Hall–Kier alpha value is -2.04. The number of nitrogen functional groups attached to an aromatic ring is 1. The van der Waals surface area contributed by atoms with Crippen LogP contribution in [0.25, 0.3) is 11.4 Å². The number of aromatic amines is 1. The first-order valence-corrected chi connectivity index (χ1v) is 7.08. The number of nitrogens with zero attached hydrogens (tertiary/aromatic N) is 2. The zero-order valence-electron chi connectivity index (χ0n) is 11.0. The number of aromatic nitrogens is 3. The van der Waals surface area contributed by atoms with Gasteiger partial charge in [0.1, 0.15) is 5.82 Å². The van der Waals surface area contributed by atoms with Gasteiger partial charge in [-0.2, -0.15) is 5.10 Å². The standard InChI is InChI=1S/C15H12Cl2N4/c16-12-6-3-10(8-13(12)17)15-19-14(20-21-15)7-9-1-4-11(18)5-2-9/h1-6,8H,7,18H2,(H,19,20,21). The van der Waals surface area contributed by atoms with Crippen LogP contribution in [0, 0.1) is 0 Å². The predicted molar refractivity (Wildman–Crippen MR) is 85.5 cm³/mol. The first kappa shape index (κ1) is 13.9. The topological polar surface area (TPSA) is 67.6 Å². The van der Waals surface area contributed by atoms with Gasteiger partial charge >= 0.3 is 0 Å². The summed E-state index contributed by atoms with van der Waals surface area (Å²) in [4.78, 5) is 4.47. The maximum absolute atomic E-state index is 6.01. The molecule has 1 aromatic heterocycles. The van der Waals surface area contributed by atoms with Crippen LogP contribution >= 0.6 is 23.2 Å². The molecule has 0 radical (unpaired) electrons. The molecule has 3 aromatic rings. The molecule has 2 aromatic carbocycles. The number of hydrogen-bond acceptors (Lipinski definition) is 3. The number of nitrogens with one attached hydrogen (secondary N) is 1. The smallest absolute Gasteiger partial charge is 0.181 e. The second-order valence-corrected chi connectivity index (χ2v) is 5.47. The van der Waals surface area contributed by atoms with Crippen LogP contribution in [0.4, 0.5) is 5.69 Å². The van der Waals surface area contributed by atoms with Gasteiger partial charge in [0, 0.05) is 17.7 Å². The molecule has 0 atom stereocenters. The van der Waals surface area contributed by atoms with Gasteiger partial charge < -0.3 is 5.73 Å². The van der Waals surface area contributed by atoms with E-state index in [-0.39, 0.29) is 0 Å². The summed E-state index contributed by atoms with van der Waals surface area (Å²) in [5.41, 5.74) is 8.35. The lowest BCUT2D eigenvalue weighted by Crippen LogP contribution is -1.92. The normalized spacial score (nSPS) is 10.8. The van der Waals surface area contributed by atoms with E-state index in [4.69, 9.17) is 28.9 Å². The minimum absolute atomic E-state index is 0.485. The Morgan fingerprint density at radius 1 is 1.00 bits per heavy atom. The van der Waals surface area contributed by atoms with E-state index >= 15 is 0 Å². The summed E-state index contributed by atoms with van der Waals surface area (Å²) in [6.45, 7) is 0. The van der Waals surface area contributed by atoms with Crippen LogP contribution in [-0.4, -0.2) is 15.2 Å². The van der Waals surface area contributed by atoms with Crippen molar-refractivity contribution in [1.29, 1.82) is 0 Å². The zero-order chi connectivity index (χ0) is 14.8. The highest BCUT2D eigenvalue weighted by atomic mass is 35.5. The molecule has 0 amide bonds. The van der Waals surface area contributed by atoms with E-state index in [9.17, 15) is 0 Å². The molecule has 3 N–H and O–H groups in total. The number of anilines is 1. The van der Waals surface area contributed by atoms with Gasteiger partial charge in [0.2, 0.25) is 0 Å². The largest absolute Gasteiger partial charge is 0.399 e. The molecule has 0 bridgehead atoms. The number of halogens is 2. The van der Waals surface area contributed by atoms with Crippen molar-refractivity contribution in [3.63, 3.8) is 0 Å². The molecule has 6 heteroatoms. The number of H-pyrrole nitrogens is 1. The molecule has 0 aliphatic carbocycles. The third-order valence-electron chi connectivity index (χ3n) is 3.06. The second-order valence-electron chi connectivity index (χ2n) is 4.65. The molecular weight excluding hydrogens is 307 g/mol. The first-order chi connectivity index (χ1) is 10.1. The van der Waals surface area contributed by atoms with Crippen molar-refractivity contribution in [2.24, 2.45) is 0 Å². The number of hydrogen-bond donors (Lipinski definition) is 2. The summed E-state index contributed by atoms with van der Waals surface area (Å²) in [5.74, 6) is 1.37. The Balaban J connectivity index is 1.82. The summed E-state index contributed by atoms with van der Waals surface area (Å²) < 4.78 is 0. The van der Waals surface area contributed by atoms with Crippen molar-refractivity contribution < 1.29 is 0 Å². The molecule has 0 aliphatic heterocycles. The predicted octanol–water partition coefficient (Wildman–Crippen LogP) is 3.95. The van der Waals surface area contributed by atoms with Crippen molar-refractivity contribution in [3.05, 3.63) is 63.9 Å². The minimum Gasteiger partial charge on any atom is -0.399 e. The molecule has 21 heavy (non-hydrogen) atoms. The molecule has 0 spiro atoms. The van der Waals surface area contributed by atoms with Crippen LogP contribution in [0.5, 0.6) is 0 Å². The Bertz CT molecular complexity index is 766. The van der Waals surface area contributed by atoms with Gasteiger partial charge in [-0.3, -0.25) is 5.10 Å². The summed E-state index contributed by atoms with van der Waals surface area (Å²) in [6, 6.07) is 13.0. The Morgan fingerprint density at radius 2 is 1.76 bits per heavy atom. The van der Waals surface area contributed by atoms with Gasteiger partial charge in [0.15, 0.2) is 5.82 Å². The van der Waals surface area contributed by atoms with E-state index in [0.29, 0.717) is 22.3 Å². The number of nitrogens with two attached hydrogens (primary N) is 1. The number of rotatable bonds is 3. The highest BCUT2D eigenvalue weighted by molar-refractivity contribution is 6.42. The molecule has 0 saturated carbocycles. The van der Waals surface area contributed by atoms with Crippen molar-refractivity contribution >= 4 is 28.9 Å². The molecule has 0 saturated heterocycles. The lowest BCUT2D eigenvalue weighted by atomic mass is 10.1. The van der Waals surface area contributed by atoms with Crippen molar-refractivity contribution in [2.75, 3.05) is 5.73 Å². The number of benzene rings is 2. The van der Waals surface area contributed by atoms with Crippen LogP contribution in [0.15, 0.2) is 42.5 Å². The fourth-order valence-electron chi connectivity index (χ4n) is 1.97. The van der Waals surface area contributed by atoms with Crippen LogP contribution in [0.3, 0.4) is 0 Å². The monoisotopic (exact) mass is 318 g/mol. The van der Waals surface area contributed by atoms with Gasteiger partial charge in [0.05, 0.1) is 10.0 Å². The van der Waals surface area contributed by atoms with Gasteiger partial charge in [0.25, 0.3) is 0 Å². The Labute approximate surface area is 131 Å². The molecule has 0 aliphatic rings. The highest BCUT2D eigenvalue weighted by Crippen LogP contribution is 2.26. The average Bonchev–Trinajstić information content (AvgIpc) is 2.93. The zero-order valence-corrected chi connectivity index (χ0v) is 12.5. The van der Waals surface area contributed by atoms with E-state index in [0.717, 1.165) is 22.6 Å². The summed E-state index contributed by atoms with van der Waals surface area (Å²) in [7, 11) is 0. The maximum atomic E-state index is 6.01. The van der Waals surface area contributed by atoms with Gasteiger partial charge in [-0.15, -0.1) is 0 Å².